The Hall–Kier alpha value is -2.90. The molecule has 0 fully saturated rings. The number of benzene rings is 2. The van der Waals surface area contributed by atoms with Crippen molar-refractivity contribution in [2.45, 2.75) is 65.2 Å². The van der Waals surface area contributed by atoms with E-state index in [0.717, 1.165) is 36.3 Å². The molecule has 156 valence electrons. The summed E-state index contributed by atoms with van der Waals surface area (Å²) >= 11 is 0. The van der Waals surface area contributed by atoms with Gasteiger partial charge in [0, 0.05) is 11.1 Å². The lowest BCUT2D eigenvalue weighted by molar-refractivity contribution is 0.306. The molecule has 2 aromatic rings. The Bertz CT molecular complexity index is 789. The molecule has 0 spiro atoms. The smallest absolute Gasteiger partial charge is 0.119 e. The minimum atomic E-state index is 0.780. The third kappa shape index (κ3) is 10.0. The van der Waals surface area contributed by atoms with E-state index in [4.69, 9.17) is 4.74 Å². The molecule has 1 nitrogen and oxygen atoms in total. The van der Waals surface area contributed by atoms with Crippen molar-refractivity contribution in [1.82, 2.24) is 0 Å². The first kappa shape index (κ1) is 23.4. The molecule has 30 heavy (non-hydrogen) atoms. The van der Waals surface area contributed by atoms with Crippen LogP contribution < -0.4 is 4.74 Å². The number of unbranched alkanes of at least 4 members (excludes halogenated alkanes) is 5. The van der Waals surface area contributed by atoms with E-state index < -0.39 is 0 Å². The topological polar surface area (TPSA) is 9.23 Å². The predicted octanol–water partition coefficient (Wildman–Crippen LogP) is 7.34. The minimum absolute atomic E-state index is 0.780. The van der Waals surface area contributed by atoms with Crippen molar-refractivity contribution in [2.24, 2.45) is 0 Å². The van der Waals surface area contributed by atoms with Crippen molar-refractivity contribution in [2.75, 3.05) is 6.61 Å². The maximum Gasteiger partial charge on any atom is 0.119 e. The number of aryl methyl sites for hydroxylation is 1. The maximum atomic E-state index is 5.72. The largest absolute Gasteiger partial charge is 0.494 e. The molecule has 0 amide bonds. The van der Waals surface area contributed by atoms with E-state index in [1.54, 1.807) is 12.2 Å². The van der Waals surface area contributed by atoms with Gasteiger partial charge >= 0.3 is 0 Å². The van der Waals surface area contributed by atoms with Gasteiger partial charge in [-0.1, -0.05) is 81.8 Å². The molecule has 0 aliphatic rings. The summed E-state index contributed by atoms with van der Waals surface area (Å²) in [6, 6.07) is 16.5. The van der Waals surface area contributed by atoms with Crippen molar-refractivity contribution in [3.05, 3.63) is 77.4 Å². The van der Waals surface area contributed by atoms with Crippen LogP contribution in [0.4, 0.5) is 0 Å². The summed E-state index contributed by atoms with van der Waals surface area (Å²) in [6.07, 6.45) is 13.5. The molecule has 0 aliphatic carbocycles. The summed E-state index contributed by atoms with van der Waals surface area (Å²) in [5.41, 5.74) is 3.41. The van der Waals surface area contributed by atoms with Crippen molar-refractivity contribution >= 4 is 0 Å². The van der Waals surface area contributed by atoms with Crippen LogP contribution in [-0.2, 0) is 6.42 Å². The highest BCUT2D eigenvalue weighted by atomic mass is 16.5. The molecular weight excluding hydrogens is 364 g/mol. The van der Waals surface area contributed by atoms with Crippen LogP contribution in [0.1, 0.15) is 75.5 Å². The second-order valence-corrected chi connectivity index (χ2v) is 7.46. The fourth-order valence-electron chi connectivity index (χ4n) is 3.02. The summed E-state index contributed by atoms with van der Waals surface area (Å²) in [5, 5.41) is 0. The predicted molar refractivity (Wildman–Crippen MR) is 129 cm³/mol. The minimum Gasteiger partial charge on any atom is -0.494 e. The Kier molecular flexibility index (Phi) is 11.7. The van der Waals surface area contributed by atoms with Crippen LogP contribution >= 0.6 is 0 Å². The lowest BCUT2D eigenvalue weighted by atomic mass is 10.0. The molecule has 0 heterocycles. The lowest BCUT2D eigenvalue weighted by Crippen LogP contribution is -1.96. The molecule has 2 aromatic carbocycles. The van der Waals surface area contributed by atoms with E-state index in [1.807, 2.05) is 24.3 Å². The first-order chi connectivity index (χ1) is 14.8. The van der Waals surface area contributed by atoms with Gasteiger partial charge in [0.1, 0.15) is 5.75 Å². The Morgan fingerprint density at radius 3 is 1.83 bits per heavy atom. The first-order valence-electron chi connectivity index (χ1n) is 11.3. The highest BCUT2D eigenvalue weighted by molar-refractivity contribution is 5.42. The zero-order valence-electron chi connectivity index (χ0n) is 18.5. The number of hydrogen-bond donors (Lipinski definition) is 0. The van der Waals surface area contributed by atoms with Gasteiger partial charge in [-0.2, -0.15) is 0 Å². The van der Waals surface area contributed by atoms with E-state index in [1.165, 1.54) is 44.1 Å². The third-order valence-electron chi connectivity index (χ3n) is 4.83. The van der Waals surface area contributed by atoms with Crippen molar-refractivity contribution in [3.8, 4) is 29.4 Å². The van der Waals surface area contributed by atoms with E-state index in [0.29, 0.717) is 0 Å². The Balaban J connectivity index is 1.75. The molecule has 0 radical (unpaired) electrons. The number of allylic oxidation sites excluding steroid dienone is 2. The molecule has 2 rings (SSSR count). The van der Waals surface area contributed by atoms with Crippen molar-refractivity contribution in [1.29, 1.82) is 0 Å². The summed E-state index contributed by atoms with van der Waals surface area (Å²) in [6.45, 7) is 5.22. The SMILES string of the molecule is CCCCCCc1ccc(C#C/C=C/C#Cc2ccc(OCCCCC)cc2)cc1. The Morgan fingerprint density at radius 2 is 1.23 bits per heavy atom. The van der Waals surface area contributed by atoms with Gasteiger partial charge in [-0.3, -0.25) is 0 Å². The summed E-state index contributed by atoms with van der Waals surface area (Å²) in [7, 11) is 0. The Labute approximate surface area is 183 Å². The van der Waals surface area contributed by atoms with Crippen LogP contribution in [0.3, 0.4) is 0 Å². The fraction of sp³-hybridized carbons (Fsp3) is 0.379. The molecule has 0 aromatic heterocycles. The van der Waals surface area contributed by atoms with Crippen LogP contribution in [0.15, 0.2) is 60.7 Å². The fourth-order valence-corrected chi connectivity index (χ4v) is 3.02. The van der Waals surface area contributed by atoms with Crippen molar-refractivity contribution in [3.63, 3.8) is 0 Å². The van der Waals surface area contributed by atoms with E-state index >= 15 is 0 Å². The van der Waals surface area contributed by atoms with Gasteiger partial charge in [-0.15, -0.1) is 0 Å². The van der Waals surface area contributed by atoms with Crippen molar-refractivity contribution < 1.29 is 4.74 Å². The highest BCUT2D eigenvalue weighted by Crippen LogP contribution is 2.12. The second kappa shape index (κ2) is 15.0. The molecule has 0 saturated carbocycles. The van der Waals surface area contributed by atoms with E-state index in [2.05, 4.69) is 61.8 Å². The molecule has 0 bridgehead atoms. The normalized spacial score (nSPS) is 10.2. The van der Waals surface area contributed by atoms with Crippen LogP contribution in [-0.4, -0.2) is 6.61 Å². The average Bonchev–Trinajstić information content (AvgIpc) is 2.78. The number of ether oxygens (including phenoxy) is 1. The summed E-state index contributed by atoms with van der Waals surface area (Å²) in [4.78, 5) is 0. The monoisotopic (exact) mass is 398 g/mol. The molecule has 0 atom stereocenters. The van der Waals surface area contributed by atoms with Gasteiger partial charge in [-0.25, -0.2) is 0 Å². The Morgan fingerprint density at radius 1 is 0.667 bits per heavy atom. The molecule has 1 heteroatoms. The molecular formula is C29H34O. The zero-order chi connectivity index (χ0) is 21.3. The van der Waals surface area contributed by atoms with E-state index in [-0.39, 0.29) is 0 Å². The molecule has 0 saturated heterocycles. The van der Waals surface area contributed by atoms with Crippen LogP contribution in [0.2, 0.25) is 0 Å². The molecule has 0 aliphatic heterocycles. The number of rotatable bonds is 10. The van der Waals surface area contributed by atoms with E-state index in [9.17, 15) is 0 Å². The second-order valence-electron chi connectivity index (χ2n) is 7.46. The van der Waals surface area contributed by atoms with Crippen LogP contribution in [0.25, 0.3) is 0 Å². The standard InChI is InChI=1S/C29H34O/c1-3-5-7-10-14-26-17-19-27(20-18-26)15-11-8-9-12-16-28-21-23-29(24-22-28)30-25-13-6-4-2/h8-9,17-24H,3-7,10,13-14,25H2,1-2H3/b9-8+. The first-order valence-corrected chi connectivity index (χ1v) is 11.3. The quantitative estimate of drug-likeness (QED) is 0.300. The average molecular weight is 399 g/mol. The lowest BCUT2D eigenvalue weighted by Gasteiger charge is -2.05. The van der Waals surface area contributed by atoms with Gasteiger partial charge in [0.05, 0.1) is 6.61 Å². The maximum absolute atomic E-state index is 5.72. The van der Waals surface area contributed by atoms with Gasteiger partial charge in [0.15, 0.2) is 0 Å². The molecule has 0 N–H and O–H groups in total. The van der Waals surface area contributed by atoms with Crippen LogP contribution in [0.5, 0.6) is 5.75 Å². The van der Waals surface area contributed by atoms with Gasteiger partial charge in [0.2, 0.25) is 0 Å². The third-order valence-corrected chi connectivity index (χ3v) is 4.83. The molecule has 0 unspecified atom stereocenters. The zero-order valence-corrected chi connectivity index (χ0v) is 18.5. The van der Waals surface area contributed by atoms with Gasteiger partial charge in [0.25, 0.3) is 0 Å². The van der Waals surface area contributed by atoms with Crippen LogP contribution in [0, 0.1) is 23.7 Å². The summed E-state index contributed by atoms with van der Waals surface area (Å²) < 4.78 is 5.72. The number of hydrogen-bond acceptors (Lipinski definition) is 1. The van der Waals surface area contributed by atoms with Gasteiger partial charge < -0.3 is 4.74 Å². The summed E-state index contributed by atoms with van der Waals surface area (Å²) in [5.74, 6) is 13.3. The van der Waals surface area contributed by atoms with Gasteiger partial charge in [-0.05, 0) is 73.4 Å². The highest BCUT2D eigenvalue weighted by Gasteiger charge is 1.94.